The molecule has 1 aliphatic heterocycles. The van der Waals surface area contributed by atoms with Crippen molar-refractivity contribution in [1.82, 2.24) is 5.32 Å². The van der Waals surface area contributed by atoms with E-state index in [4.69, 9.17) is 9.47 Å². The average molecular weight is 282 g/mol. The van der Waals surface area contributed by atoms with Gasteiger partial charge in [-0.1, -0.05) is 0 Å². The lowest BCUT2D eigenvalue weighted by atomic mass is 10.1. The Bertz CT molecular complexity index is 531. The first-order valence-corrected chi connectivity index (χ1v) is 6.01. The number of rotatable bonds is 5. The van der Waals surface area contributed by atoms with E-state index >= 15 is 0 Å². The Kier molecular flexibility index (Phi) is 4.04. The molecule has 8 nitrogen and oxygen atoms in total. The number of carbonyl (C=O) groups is 1. The molecule has 0 bridgehead atoms. The maximum atomic E-state index is 10.9. The average Bonchev–Trinajstić information content (AvgIpc) is 2.81. The smallest absolute Gasteiger partial charge is 0.407 e. The van der Waals surface area contributed by atoms with Gasteiger partial charge in [-0.25, -0.2) is 4.79 Å². The summed E-state index contributed by atoms with van der Waals surface area (Å²) in [7, 11) is 0. The third kappa shape index (κ3) is 3.15. The summed E-state index contributed by atoms with van der Waals surface area (Å²) >= 11 is 0. The highest BCUT2D eigenvalue weighted by atomic mass is 16.6. The lowest BCUT2D eigenvalue weighted by Crippen LogP contribution is -2.22. The maximum Gasteiger partial charge on any atom is 0.407 e. The largest absolute Gasteiger partial charge is 0.489 e. The van der Waals surface area contributed by atoms with Gasteiger partial charge in [0.2, 0.25) is 0 Å². The second-order valence-electron chi connectivity index (χ2n) is 4.37. The number of hydrogen-bond acceptors (Lipinski definition) is 6. The highest BCUT2D eigenvalue weighted by Gasteiger charge is 2.24. The summed E-state index contributed by atoms with van der Waals surface area (Å²) in [5, 5.41) is 22.8. The topological polar surface area (TPSA) is 111 Å². The number of nitrogens with zero attached hydrogens (tertiary/aromatic N) is 1. The number of nitro groups is 1. The zero-order chi connectivity index (χ0) is 14.7. The zero-order valence-corrected chi connectivity index (χ0v) is 10.7. The van der Waals surface area contributed by atoms with Gasteiger partial charge >= 0.3 is 6.09 Å². The number of ether oxygens (including phenoxy) is 2. The summed E-state index contributed by atoms with van der Waals surface area (Å²) in [5.74, 6) is 0.327. The molecule has 1 saturated heterocycles. The van der Waals surface area contributed by atoms with Gasteiger partial charge in [-0.3, -0.25) is 10.1 Å². The second-order valence-corrected chi connectivity index (χ2v) is 4.37. The van der Waals surface area contributed by atoms with Crippen LogP contribution >= 0.6 is 0 Å². The Morgan fingerprint density at radius 2 is 2.40 bits per heavy atom. The summed E-state index contributed by atoms with van der Waals surface area (Å²) < 4.78 is 10.4. The monoisotopic (exact) mass is 282 g/mol. The van der Waals surface area contributed by atoms with Gasteiger partial charge in [0.25, 0.3) is 5.69 Å². The van der Waals surface area contributed by atoms with E-state index in [1.165, 1.54) is 25.1 Å². The van der Waals surface area contributed by atoms with Gasteiger partial charge in [-0.2, -0.15) is 0 Å². The van der Waals surface area contributed by atoms with Gasteiger partial charge < -0.3 is 19.9 Å². The quantitative estimate of drug-likeness (QED) is 0.618. The highest BCUT2D eigenvalue weighted by Crippen LogP contribution is 2.29. The van der Waals surface area contributed by atoms with Crippen LogP contribution in [0.3, 0.4) is 0 Å². The maximum absolute atomic E-state index is 10.9. The number of benzene rings is 1. The van der Waals surface area contributed by atoms with Crippen LogP contribution in [0.15, 0.2) is 18.2 Å². The van der Waals surface area contributed by atoms with E-state index in [9.17, 15) is 20.0 Å². The number of aliphatic hydroxyl groups excluding tert-OH is 1. The predicted molar refractivity (Wildman–Crippen MR) is 67.5 cm³/mol. The molecule has 8 heteroatoms. The molecule has 0 aromatic heterocycles. The second kappa shape index (κ2) is 5.74. The number of hydrogen-bond donors (Lipinski definition) is 2. The summed E-state index contributed by atoms with van der Waals surface area (Å²) in [6.07, 6.45) is -1.83. The van der Waals surface area contributed by atoms with Crippen LogP contribution in [0.2, 0.25) is 0 Å². The molecule has 1 heterocycles. The van der Waals surface area contributed by atoms with Crippen molar-refractivity contribution in [2.45, 2.75) is 19.1 Å². The molecule has 0 aliphatic carbocycles. The molecule has 1 amide bonds. The molecule has 2 N–H and O–H groups in total. The SMILES string of the molecule is C[C@@H](O)c1cc([N+](=O)[O-])ccc1OCC1CNC(=O)O1. The first-order chi connectivity index (χ1) is 9.47. The van der Waals surface area contributed by atoms with Crippen LogP contribution < -0.4 is 10.1 Å². The van der Waals surface area contributed by atoms with Crippen molar-refractivity contribution in [3.05, 3.63) is 33.9 Å². The van der Waals surface area contributed by atoms with Gasteiger partial charge in [-0.05, 0) is 13.0 Å². The standard InChI is InChI=1S/C12H14N2O6/c1-7(15)10-4-8(14(17)18)2-3-11(10)19-6-9-5-13-12(16)20-9/h2-4,7,9,15H,5-6H2,1H3,(H,13,16)/t7-,9?/m1/s1. The molecule has 0 spiro atoms. The van der Waals surface area contributed by atoms with Crippen LogP contribution in [0, 0.1) is 10.1 Å². The van der Waals surface area contributed by atoms with Crippen molar-refractivity contribution in [2.24, 2.45) is 0 Å². The van der Waals surface area contributed by atoms with Crippen molar-refractivity contribution in [2.75, 3.05) is 13.2 Å². The van der Waals surface area contributed by atoms with Crippen molar-refractivity contribution in [3.8, 4) is 5.75 Å². The molecule has 2 atom stereocenters. The molecule has 0 saturated carbocycles. The van der Waals surface area contributed by atoms with Gasteiger partial charge in [0, 0.05) is 17.7 Å². The molecule has 1 aromatic rings. The fourth-order valence-corrected chi connectivity index (χ4v) is 1.81. The van der Waals surface area contributed by atoms with Gasteiger partial charge in [0.1, 0.15) is 12.4 Å². The first-order valence-electron chi connectivity index (χ1n) is 6.01. The van der Waals surface area contributed by atoms with Crippen molar-refractivity contribution in [3.63, 3.8) is 0 Å². The number of nitrogens with one attached hydrogen (secondary N) is 1. The number of non-ortho nitro benzene ring substituents is 1. The van der Waals surface area contributed by atoms with Gasteiger partial charge in [-0.15, -0.1) is 0 Å². The third-order valence-corrected chi connectivity index (χ3v) is 2.83. The summed E-state index contributed by atoms with van der Waals surface area (Å²) in [6.45, 7) is 1.94. The van der Waals surface area contributed by atoms with Crippen molar-refractivity contribution in [1.29, 1.82) is 0 Å². The van der Waals surface area contributed by atoms with Crippen LogP contribution in [0.25, 0.3) is 0 Å². The fraction of sp³-hybridized carbons (Fsp3) is 0.417. The van der Waals surface area contributed by atoms with Crippen LogP contribution in [0.5, 0.6) is 5.75 Å². The molecule has 2 rings (SSSR count). The fourth-order valence-electron chi connectivity index (χ4n) is 1.81. The van der Waals surface area contributed by atoms with E-state index in [0.29, 0.717) is 17.9 Å². The molecule has 1 fully saturated rings. The lowest BCUT2D eigenvalue weighted by molar-refractivity contribution is -0.385. The minimum atomic E-state index is -0.908. The minimum absolute atomic E-state index is 0.107. The summed E-state index contributed by atoms with van der Waals surface area (Å²) in [6, 6.07) is 3.98. The molecule has 1 aliphatic rings. The molecule has 108 valence electrons. The van der Waals surface area contributed by atoms with Gasteiger partial charge in [0.15, 0.2) is 6.10 Å². The van der Waals surface area contributed by atoms with E-state index in [0.717, 1.165) is 0 Å². The van der Waals surface area contributed by atoms with E-state index < -0.39 is 23.2 Å². The number of aliphatic hydroxyl groups is 1. The Hall–Kier alpha value is -2.35. The number of alkyl carbamates (subject to hydrolysis) is 1. The Morgan fingerprint density at radius 3 is 2.95 bits per heavy atom. The number of cyclic esters (lactones) is 1. The Morgan fingerprint density at radius 1 is 1.65 bits per heavy atom. The summed E-state index contributed by atoms with van der Waals surface area (Å²) in [4.78, 5) is 21.0. The minimum Gasteiger partial charge on any atom is -0.489 e. The van der Waals surface area contributed by atoms with Crippen molar-refractivity contribution < 1.29 is 24.3 Å². The molecular weight excluding hydrogens is 268 g/mol. The van der Waals surface area contributed by atoms with E-state index in [-0.39, 0.29) is 12.3 Å². The molecule has 1 aromatic carbocycles. The van der Waals surface area contributed by atoms with Crippen LogP contribution in [-0.4, -0.2) is 35.4 Å². The van der Waals surface area contributed by atoms with E-state index in [1.807, 2.05) is 0 Å². The van der Waals surface area contributed by atoms with Crippen LogP contribution in [0.4, 0.5) is 10.5 Å². The molecule has 20 heavy (non-hydrogen) atoms. The zero-order valence-electron chi connectivity index (χ0n) is 10.7. The highest BCUT2D eigenvalue weighted by molar-refractivity contribution is 5.69. The number of amides is 1. The predicted octanol–water partition coefficient (Wildman–Crippen LogP) is 1.14. The Labute approximate surface area is 114 Å². The Balaban J connectivity index is 2.10. The normalized spacial score (nSPS) is 19.1. The summed E-state index contributed by atoms with van der Waals surface area (Å²) in [5.41, 5.74) is 0.193. The lowest BCUT2D eigenvalue weighted by Gasteiger charge is -2.15. The van der Waals surface area contributed by atoms with E-state index in [1.54, 1.807) is 0 Å². The molecule has 1 unspecified atom stereocenters. The third-order valence-electron chi connectivity index (χ3n) is 2.83. The van der Waals surface area contributed by atoms with Crippen LogP contribution in [0.1, 0.15) is 18.6 Å². The first kappa shape index (κ1) is 14.1. The number of carbonyl (C=O) groups excluding carboxylic acids is 1. The van der Waals surface area contributed by atoms with Gasteiger partial charge in [0.05, 0.1) is 17.6 Å². The van der Waals surface area contributed by atoms with Crippen molar-refractivity contribution >= 4 is 11.8 Å². The van der Waals surface area contributed by atoms with E-state index in [2.05, 4.69) is 5.32 Å². The van der Waals surface area contributed by atoms with Crippen LogP contribution in [-0.2, 0) is 4.74 Å². The molecule has 0 radical (unpaired) electrons. The number of nitro benzene ring substituents is 1. The molecular formula is C12H14N2O6.